The topological polar surface area (TPSA) is 58.4 Å². The lowest BCUT2D eigenvalue weighted by Crippen LogP contribution is -2.31. The summed E-state index contributed by atoms with van der Waals surface area (Å²) in [6.07, 6.45) is 2.27. The van der Waals surface area contributed by atoms with Crippen molar-refractivity contribution in [1.29, 1.82) is 0 Å². The first-order valence-electron chi connectivity index (χ1n) is 7.01. The zero-order valence-corrected chi connectivity index (χ0v) is 11.6. The predicted octanol–water partition coefficient (Wildman–Crippen LogP) is 2.01. The predicted molar refractivity (Wildman–Crippen MR) is 76.4 cm³/mol. The monoisotopic (exact) mass is 273 g/mol. The Kier molecular flexibility index (Phi) is 3.44. The largest absolute Gasteiger partial charge is 0.481 e. The molecule has 0 spiro atoms. The molecule has 1 atom stereocenters. The lowest BCUT2D eigenvalue weighted by atomic mass is 10.1. The van der Waals surface area contributed by atoms with Gasteiger partial charge in [-0.2, -0.15) is 5.10 Å². The van der Waals surface area contributed by atoms with Crippen LogP contribution in [0.5, 0.6) is 0 Å². The molecule has 5 nitrogen and oxygen atoms in total. The van der Waals surface area contributed by atoms with Crippen LogP contribution in [-0.2, 0) is 18.4 Å². The Morgan fingerprint density at radius 1 is 1.45 bits per heavy atom. The molecule has 1 unspecified atom stereocenters. The zero-order chi connectivity index (χ0) is 14.1. The average molecular weight is 273 g/mol. The van der Waals surface area contributed by atoms with Gasteiger partial charge in [0.25, 0.3) is 0 Å². The Hall–Kier alpha value is -1.88. The van der Waals surface area contributed by atoms with E-state index in [1.54, 1.807) is 0 Å². The van der Waals surface area contributed by atoms with E-state index in [-0.39, 0.29) is 12.5 Å². The van der Waals surface area contributed by atoms with Gasteiger partial charge in [0.2, 0.25) is 0 Å². The summed E-state index contributed by atoms with van der Waals surface area (Å²) in [4.78, 5) is 13.2. The van der Waals surface area contributed by atoms with Gasteiger partial charge in [-0.05, 0) is 25.5 Å². The minimum Gasteiger partial charge on any atom is -0.481 e. The first-order chi connectivity index (χ1) is 9.65. The maximum absolute atomic E-state index is 10.9. The SMILES string of the molecule is Cn1nc(CN2CCCC2CC(=O)O)c2ccccc21. The van der Waals surface area contributed by atoms with Gasteiger partial charge in [0.05, 0.1) is 17.6 Å². The molecule has 1 aromatic carbocycles. The van der Waals surface area contributed by atoms with Crippen molar-refractivity contribution in [2.75, 3.05) is 6.54 Å². The lowest BCUT2D eigenvalue weighted by Gasteiger charge is -2.22. The normalized spacial score (nSPS) is 19.8. The van der Waals surface area contributed by atoms with Crippen LogP contribution in [-0.4, -0.2) is 38.3 Å². The second kappa shape index (κ2) is 5.25. The third kappa shape index (κ3) is 2.41. The van der Waals surface area contributed by atoms with E-state index in [1.807, 2.05) is 23.9 Å². The number of aliphatic carboxylic acids is 1. The number of carboxylic acids is 1. The van der Waals surface area contributed by atoms with E-state index in [9.17, 15) is 4.79 Å². The molecule has 5 heteroatoms. The summed E-state index contributed by atoms with van der Waals surface area (Å²) in [5, 5.41) is 14.7. The van der Waals surface area contributed by atoms with Crippen molar-refractivity contribution in [3.8, 4) is 0 Å². The van der Waals surface area contributed by atoms with Crippen molar-refractivity contribution in [2.24, 2.45) is 7.05 Å². The molecule has 0 bridgehead atoms. The number of hydrogen-bond donors (Lipinski definition) is 1. The summed E-state index contributed by atoms with van der Waals surface area (Å²) in [5.74, 6) is -0.715. The van der Waals surface area contributed by atoms with Gasteiger partial charge in [-0.25, -0.2) is 0 Å². The van der Waals surface area contributed by atoms with Gasteiger partial charge >= 0.3 is 5.97 Å². The molecule has 1 aromatic heterocycles. The van der Waals surface area contributed by atoms with Gasteiger partial charge in [0, 0.05) is 25.0 Å². The van der Waals surface area contributed by atoms with Crippen LogP contribution in [0.4, 0.5) is 0 Å². The molecule has 0 amide bonds. The van der Waals surface area contributed by atoms with Crippen LogP contribution in [0.1, 0.15) is 25.0 Å². The van der Waals surface area contributed by atoms with E-state index < -0.39 is 5.97 Å². The molecule has 1 saturated heterocycles. The van der Waals surface area contributed by atoms with E-state index >= 15 is 0 Å². The molecule has 20 heavy (non-hydrogen) atoms. The average Bonchev–Trinajstić information content (AvgIpc) is 2.96. The van der Waals surface area contributed by atoms with E-state index in [0.29, 0.717) is 0 Å². The van der Waals surface area contributed by atoms with Crippen molar-refractivity contribution >= 4 is 16.9 Å². The Bertz CT molecular complexity index is 635. The van der Waals surface area contributed by atoms with Crippen molar-refractivity contribution in [3.63, 3.8) is 0 Å². The molecule has 1 N–H and O–H groups in total. The molecule has 2 heterocycles. The molecule has 2 aromatic rings. The summed E-state index contributed by atoms with van der Waals surface area (Å²) < 4.78 is 1.90. The number of rotatable bonds is 4. The minimum atomic E-state index is -0.715. The third-order valence-corrected chi connectivity index (χ3v) is 4.10. The van der Waals surface area contributed by atoms with Crippen LogP contribution in [0.15, 0.2) is 24.3 Å². The quantitative estimate of drug-likeness (QED) is 0.925. The highest BCUT2D eigenvalue weighted by Crippen LogP contribution is 2.25. The fourth-order valence-corrected chi connectivity index (χ4v) is 3.13. The highest BCUT2D eigenvalue weighted by molar-refractivity contribution is 5.81. The number of hydrogen-bond acceptors (Lipinski definition) is 3. The second-order valence-electron chi connectivity index (χ2n) is 5.45. The van der Waals surface area contributed by atoms with Crippen molar-refractivity contribution in [3.05, 3.63) is 30.0 Å². The van der Waals surface area contributed by atoms with Gasteiger partial charge in [-0.3, -0.25) is 14.4 Å². The van der Waals surface area contributed by atoms with Crippen LogP contribution in [0, 0.1) is 0 Å². The number of benzene rings is 1. The summed E-state index contributed by atoms with van der Waals surface area (Å²) in [7, 11) is 1.95. The van der Waals surface area contributed by atoms with E-state index in [0.717, 1.165) is 42.5 Å². The first-order valence-corrected chi connectivity index (χ1v) is 7.01. The number of para-hydroxylation sites is 1. The molecular formula is C15H19N3O2. The second-order valence-corrected chi connectivity index (χ2v) is 5.45. The Labute approximate surface area is 117 Å². The molecule has 0 radical (unpaired) electrons. The molecule has 0 aliphatic carbocycles. The Morgan fingerprint density at radius 3 is 3.05 bits per heavy atom. The number of aromatic nitrogens is 2. The smallest absolute Gasteiger partial charge is 0.304 e. The van der Waals surface area contributed by atoms with Gasteiger partial charge in [-0.1, -0.05) is 18.2 Å². The van der Waals surface area contributed by atoms with Crippen LogP contribution >= 0.6 is 0 Å². The summed E-state index contributed by atoms with van der Waals surface area (Å²) in [5.41, 5.74) is 2.16. The van der Waals surface area contributed by atoms with Gasteiger partial charge in [0.15, 0.2) is 0 Å². The van der Waals surface area contributed by atoms with Crippen molar-refractivity contribution < 1.29 is 9.90 Å². The maximum Gasteiger partial charge on any atom is 0.304 e. The molecule has 106 valence electrons. The van der Waals surface area contributed by atoms with E-state index in [1.165, 1.54) is 0 Å². The lowest BCUT2D eigenvalue weighted by molar-refractivity contribution is -0.138. The standard InChI is InChI=1S/C15H19N3O2/c1-17-14-7-3-2-6-12(14)13(16-17)10-18-8-4-5-11(18)9-15(19)20/h2-3,6-7,11H,4-5,8-10H2,1H3,(H,19,20). The number of carbonyl (C=O) groups is 1. The molecule has 1 fully saturated rings. The zero-order valence-electron chi connectivity index (χ0n) is 11.6. The van der Waals surface area contributed by atoms with E-state index in [2.05, 4.69) is 22.1 Å². The van der Waals surface area contributed by atoms with Crippen LogP contribution in [0.2, 0.25) is 0 Å². The van der Waals surface area contributed by atoms with Crippen LogP contribution < -0.4 is 0 Å². The maximum atomic E-state index is 10.9. The molecule has 0 saturated carbocycles. The number of aryl methyl sites for hydroxylation is 1. The Balaban J connectivity index is 1.84. The van der Waals surface area contributed by atoms with Crippen molar-refractivity contribution in [1.82, 2.24) is 14.7 Å². The van der Waals surface area contributed by atoms with E-state index in [4.69, 9.17) is 5.11 Å². The minimum absolute atomic E-state index is 0.147. The van der Waals surface area contributed by atoms with Gasteiger partial charge < -0.3 is 5.11 Å². The summed E-state index contributed by atoms with van der Waals surface area (Å²) in [6, 6.07) is 8.32. The molecule has 1 aliphatic heterocycles. The molecule has 1 aliphatic rings. The first kappa shape index (κ1) is 13.1. The summed E-state index contributed by atoms with van der Waals surface area (Å²) >= 11 is 0. The number of carboxylic acid groups (broad SMARTS) is 1. The van der Waals surface area contributed by atoms with Crippen molar-refractivity contribution in [2.45, 2.75) is 31.8 Å². The number of fused-ring (bicyclic) bond motifs is 1. The fraction of sp³-hybridized carbons (Fsp3) is 0.467. The highest BCUT2D eigenvalue weighted by Gasteiger charge is 2.27. The van der Waals surface area contributed by atoms with Crippen LogP contribution in [0.25, 0.3) is 10.9 Å². The van der Waals surface area contributed by atoms with Gasteiger partial charge in [-0.15, -0.1) is 0 Å². The molecular weight excluding hydrogens is 254 g/mol. The fourth-order valence-electron chi connectivity index (χ4n) is 3.13. The number of likely N-dealkylation sites (tertiary alicyclic amines) is 1. The molecule has 3 rings (SSSR count). The highest BCUT2D eigenvalue weighted by atomic mass is 16.4. The number of nitrogens with zero attached hydrogens (tertiary/aromatic N) is 3. The van der Waals surface area contributed by atoms with Crippen LogP contribution in [0.3, 0.4) is 0 Å². The summed E-state index contributed by atoms with van der Waals surface area (Å²) in [6.45, 7) is 1.70. The third-order valence-electron chi connectivity index (χ3n) is 4.10. The Morgan fingerprint density at radius 2 is 2.25 bits per heavy atom. The van der Waals surface area contributed by atoms with Gasteiger partial charge in [0.1, 0.15) is 0 Å².